The molecule has 4 unspecified atom stereocenters. The van der Waals surface area contributed by atoms with E-state index in [1.165, 1.54) is 7.11 Å². The van der Waals surface area contributed by atoms with Gasteiger partial charge in [-0.05, 0) is 73.1 Å². The number of methoxy groups -OCH3 is 1. The van der Waals surface area contributed by atoms with E-state index in [1.54, 1.807) is 0 Å². The van der Waals surface area contributed by atoms with Crippen LogP contribution < -0.4 is 4.74 Å². The van der Waals surface area contributed by atoms with Crippen LogP contribution in [0.2, 0.25) is 0 Å². The van der Waals surface area contributed by atoms with Crippen LogP contribution in [-0.2, 0) is 11.2 Å². The quantitative estimate of drug-likeness (QED) is 0.858. The highest BCUT2D eigenvalue weighted by atomic mass is 16.5. The summed E-state index contributed by atoms with van der Waals surface area (Å²) in [7, 11) is 1.39. The topological polar surface area (TPSA) is 46.5 Å². The summed E-state index contributed by atoms with van der Waals surface area (Å²) in [5.41, 5.74) is 0.850. The molecule has 0 amide bonds. The SMILES string of the molecule is [2H]c1c(O)c(OC)c([2H])c2c1CCC1C2CCC2(C)C(=O)C([2H])([2H])CC12. The first-order valence-corrected chi connectivity index (χ1v) is 8.07. The molecule has 0 heterocycles. The number of rotatable bonds is 1. The third-order valence-corrected chi connectivity index (χ3v) is 6.19. The standard InChI is InChI=1S/C19H24O3/c1-19-8-7-12-13(15(19)5-6-18(19)21)4-3-11-9-16(20)17(22-2)10-14(11)12/h9-10,12-13,15,20H,3-8H2,1-2H3/i6D2,9D,10D. The summed E-state index contributed by atoms with van der Waals surface area (Å²) in [4.78, 5) is 12.7. The van der Waals surface area contributed by atoms with E-state index in [0.29, 0.717) is 24.8 Å². The van der Waals surface area contributed by atoms with Crippen LogP contribution in [0.4, 0.5) is 0 Å². The van der Waals surface area contributed by atoms with Gasteiger partial charge in [0, 0.05) is 14.5 Å². The van der Waals surface area contributed by atoms with E-state index < -0.39 is 11.8 Å². The molecule has 1 N–H and O–H groups in total. The number of fused-ring (bicyclic) bond motifs is 5. The Kier molecular flexibility index (Phi) is 2.22. The molecule has 0 spiro atoms. The van der Waals surface area contributed by atoms with Crippen LogP contribution in [-0.4, -0.2) is 18.0 Å². The van der Waals surface area contributed by atoms with E-state index in [-0.39, 0.29) is 53.5 Å². The van der Waals surface area contributed by atoms with Crippen molar-refractivity contribution in [3.05, 3.63) is 23.2 Å². The molecule has 2 saturated carbocycles. The number of carbonyl (C=O) groups is 1. The fourth-order valence-corrected chi connectivity index (χ4v) is 4.93. The Morgan fingerprint density at radius 3 is 3.00 bits per heavy atom. The molecule has 118 valence electrons. The predicted molar refractivity (Wildman–Crippen MR) is 84.3 cm³/mol. The molecule has 22 heavy (non-hydrogen) atoms. The summed E-state index contributed by atoms with van der Waals surface area (Å²) in [5, 5.41) is 10.2. The first-order valence-electron chi connectivity index (χ1n) is 10.1. The largest absolute Gasteiger partial charge is 0.504 e. The van der Waals surface area contributed by atoms with Crippen LogP contribution in [0.5, 0.6) is 11.5 Å². The van der Waals surface area contributed by atoms with Gasteiger partial charge in [-0.25, -0.2) is 0 Å². The smallest absolute Gasteiger partial charge is 0.160 e. The van der Waals surface area contributed by atoms with Crippen molar-refractivity contribution in [2.75, 3.05) is 7.11 Å². The maximum absolute atomic E-state index is 12.7. The number of hydrogen-bond acceptors (Lipinski definition) is 3. The molecule has 4 rings (SSSR count). The molecule has 3 aliphatic carbocycles. The number of ether oxygens (including phenoxy) is 1. The van der Waals surface area contributed by atoms with Crippen molar-refractivity contribution in [1.82, 2.24) is 0 Å². The Bertz CT molecular complexity index is 807. The average Bonchev–Trinajstić information content (AvgIpc) is 2.79. The first-order chi connectivity index (χ1) is 12.1. The molecule has 3 heteroatoms. The van der Waals surface area contributed by atoms with Crippen LogP contribution in [0, 0.1) is 17.3 Å². The maximum Gasteiger partial charge on any atom is 0.160 e. The van der Waals surface area contributed by atoms with Crippen LogP contribution in [0.15, 0.2) is 12.1 Å². The van der Waals surface area contributed by atoms with Gasteiger partial charge in [0.2, 0.25) is 0 Å². The van der Waals surface area contributed by atoms with Gasteiger partial charge in [-0.3, -0.25) is 4.79 Å². The zero-order chi connectivity index (χ0) is 19.0. The van der Waals surface area contributed by atoms with Crippen LogP contribution in [0.3, 0.4) is 0 Å². The van der Waals surface area contributed by atoms with Crippen molar-refractivity contribution in [3.8, 4) is 11.5 Å². The van der Waals surface area contributed by atoms with E-state index in [0.717, 1.165) is 12.0 Å². The Morgan fingerprint density at radius 2 is 2.23 bits per heavy atom. The molecule has 2 fully saturated rings. The fraction of sp³-hybridized carbons (Fsp3) is 0.632. The number of carbonyl (C=O) groups excluding carboxylic acids is 1. The number of benzene rings is 1. The minimum Gasteiger partial charge on any atom is -0.504 e. The summed E-state index contributed by atoms with van der Waals surface area (Å²) in [6, 6.07) is 0.180. The number of aromatic hydroxyl groups is 1. The highest BCUT2D eigenvalue weighted by molar-refractivity contribution is 5.87. The Balaban J connectivity index is 1.83. The van der Waals surface area contributed by atoms with Crippen molar-refractivity contribution in [1.29, 1.82) is 0 Å². The molecule has 3 aliphatic rings. The van der Waals surface area contributed by atoms with Crippen molar-refractivity contribution >= 4 is 5.78 Å². The van der Waals surface area contributed by atoms with Gasteiger partial charge >= 0.3 is 0 Å². The second-order valence-corrected chi connectivity index (χ2v) is 7.11. The molecule has 3 nitrogen and oxygen atoms in total. The summed E-state index contributed by atoms with van der Waals surface area (Å²) in [6.45, 7) is 1.91. The summed E-state index contributed by atoms with van der Waals surface area (Å²) in [5.74, 6) is -0.395. The second-order valence-electron chi connectivity index (χ2n) is 7.11. The Hall–Kier alpha value is -1.51. The molecule has 0 bridgehead atoms. The number of hydrogen-bond donors (Lipinski definition) is 1. The van der Waals surface area contributed by atoms with E-state index in [4.69, 9.17) is 10.2 Å². The lowest BCUT2D eigenvalue weighted by Crippen LogP contribution is -2.42. The van der Waals surface area contributed by atoms with Crippen molar-refractivity contribution in [2.24, 2.45) is 17.3 Å². The van der Waals surface area contributed by atoms with Gasteiger partial charge in [-0.15, -0.1) is 0 Å². The number of phenols is 1. The monoisotopic (exact) mass is 304 g/mol. The van der Waals surface area contributed by atoms with E-state index in [2.05, 4.69) is 0 Å². The van der Waals surface area contributed by atoms with Crippen molar-refractivity contribution in [2.45, 2.75) is 51.3 Å². The minimum atomic E-state index is -1.77. The lowest BCUT2D eigenvalue weighted by Gasteiger charge is -2.48. The number of phenolic OH excluding ortho intramolecular Hbond substituents is 1. The van der Waals surface area contributed by atoms with Crippen LogP contribution in [0.1, 0.15) is 61.5 Å². The maximum atomic E-state index is 12.7. The van der Waals surface area contributed by atoms with Gasteiger partial charge in [-0.2, -0.15) is 0 Å². The molecule has 0 saturated heterocycles. The highest BCUT2D eigenvalue weighted by Crippen LogP contribution is 2.60. The fourth-order valence-electron chi connectivity index (χ4n) is 4.93. The van der Waals surface area contributed by atoms with Gasteiger partial charge in [0.25, 0.3) is 0 Å². The molecular weight excluding hydrogens is 276 g/mol. The molecule has 0 aromatic heterocycles. The van der Waals surface area contributed by atoms with Crippen molar-refractivity contribution < 1.29 is 20.1 Å². The van der Waals surface area contributed by atoms with Crippen molar-refractivity contribution in [3.63, 3.8) is 0 Å². The Labute approximate surface area is 137 Å². The van der Waals surface area contributed by atoms with Crippen LogP contribution >= 0.6 is 0 Å². The molecule has 1 aromatic carbocycles. The van der Waals surface area contributed by atoms with E-state index in [9.17, 15) is 9.90 Å². The molecule has 4 atom stereocenters. The van der Waals surface area contributed by atoms with E-state index >= 15 is 0 Å². The van der Waals surface area contributed by atoms with E-state index in [1.807, 2.05) is 6.92 Å². The van der Waals surface area contributed by atoms with Gasteiger partial charge in [0.15, 0.2) is 11.5 Å². The second kappa shape index (κ2) is 4.74. The lowest BCUT2D eigenvalue weighted by atomic mass is 9.55. The number of Topliss-reactive ketones (excluding diaryl/α,β-unsaturated/α-hetero) is 1. The lowest BCUT2D eigenvalue weighted by molar-refractivity contribution is -0.129. The number of ketones is 1. The van der Waals surface area contributed by atoms with Crippen LogP contribution in [0.25, 0.3) is 0 Å². The Morgan fingerprint density at radius 1 is 1.41 bits per heavy atom. The van der Waals surface area contributed by atoms with Gasteiger partial charge in [0.1, 0.15) is 5.78 Å². The average molecular weight is 304 g/mol. The summed E-state index contributed by atoms with van der Waals surface area (Å²) in [6.07, 6.45) is 1.11. The van der Waals surface area contributed by atoms with Gasteiger partial charge in [-0.1, -0.05) is 6.92 Å². The zero-order valence-corrected chi connectivity index (χ0v) is 13.0. The molecular formula is C19H24O3. The third kappa shape index (κ3) is 1.77. The highest BCUT2D eigenvalue weighted by Gasteiger charge is 2.54. The van der Waals surface area contributed by atoms with Gasteiger partial charge < -0.3 is 9.84 Å². The minimum absolute atomic E-state index is 0.0182. The molecule has 1 aromatic rings. The predicted octanol–water partition coefficient (Wildman–Crippen LogP) is 3.83. The normalized spacial score (nSPS) is 41.4. The van der Waals surface area contributed by atoms with Gasteiger partial charge in [0.05, 0.1) is 9.85 Å². The molecule has 0 aliphatic heterocycles. The summed E-state index contributed by atoms with van der Waals surface area (Å²) >= 11 is 0. The zero-order valence-electron chi connectivity index (χ0n) is 17.0. The molecule has 0 radical (unpaired) electrons. The first kappa shape index (κ1) is 10.3. The third-order valence-electron chi connectivity index (χ3n) is 6.19. The summed E-state index contributed by atoms with van der Waals surface area (Å²) < 4.78 is 38.2.